The summed E-state index contributed by atoms with van der Waals surface area (Å²) in [4.78, 5) is 17.7. The van der Waals surface area contributed by atoms with Gasteiger partial charge in [0.15, 0.2) is 0 Å². The third-order valence-corrected chi connectivity index (χ3v) is 4.57. The molecule has 0 unspecified atom stereocenters. The van der Waals surface area contributed by atoms with Gasteiger partial charge in [0.25, 0.3) is 0 Å². The van der Waals surface area contributed by atoms with Gasteiger partial charge in [0.05, 0.1) is 22.8 Å². The number of carbonyl (C=O) groups is 1. The van der Waals surface area contributed by atoms with E-state index >= 15 is 0 Å². The van der Waals surface area contributed by atoms with E-state index in [1.54, 1.807) is 18.2 Å². The maximum absolute atomic E-state index is 13.7. The minimum Gasteiger partial charge on any atom is -0.323 e. The van der Waals surface area contributed by atoms with Crippen LogP contribution in [0.4, 0.5) is 10.1 Å². The monoisotopic (exact) mass is 340 g/mol. The molecule has 3 nitrogen and oxygen atoms in total. The molecule has 24 heavy (non-hydrogen) atoms. The standard InChI is InChI=1S/C19H17FN2OS/c1-12-7-9-14(10-8-12)19-17(24-13(2)21-19)11-18(23)22-16-6-4-3-5-15(16)20/h3-10H,11H2,1-2H3,(H,22,23). The largest absolute Gasteiger partial charge is 0.323 e. The fourth-order valence-corrected chi connectivity index (χ4v) is 3.39. The van der Waals surface area contributed by atoms with Gasteiger partial charge in [-0.2, -0.15) is 0 Å². The predicted molar refractivity (Wildman–Crippen MR) is 95.8 cm³/mol. The van der Waals surface area contributed by atoms with Crippen molar-refractivity contribution in [1.29, 1.82) is 0 Å². The molecule has 2 aromatic carbocycles. The third kappa shape index (κ3) is 3.68. The van der Waals surface area contributed by atoms with Crippen molar-refractivity contribution in [3.63, 3.8) is 0 Å². The van der Waals surface area contributed by atoms with E-state index in [0.29, 0.717) is 0 Å². The summed E-state index contributed by atoms with van der Waals surface area (Å²) in [7, 11) is 0. The highest BCUT2D eigenvalue weighted by Gasteiger charge is 2.15. The van der Waals surface area contributed by atoms with Crippen molar-refractivity contribution in [2.24, 2.45) is 0 Å². The maximum atomic E-state index is 13.7. The number of para-hydroxylation sites is 1. The number of halogens is 1. The third-order valence-electron chi connectivity index (χ3n) is 3.60. The fourth-order valence-electron chi connectivity index (χ4n) is 2.43. The minimum atomic E-state index is -0.440. The van der Waals surface area contributed by atoms with Gasteiger partial charge in [-0.3, -0.25) is 4.79 Å². The molecule has 0 saturated carbocycles. The molecule has 0 spiro atoms. The number of benzene rings is 2. The molecule has 3 aromatic rings. The summed E-state index contributed by atoms with van der Waals surface area (Å²) in [5, 5.41) is 3.52. The van der Waals surface area contributed by atoms with E-state index in [2.05, 4.69) is 10.3 Å². The summed E-state index contributed by atoms with van der Waals surface area (Å²) in [6.07, 6.45) is 0.170. The molecule has 1 aromatic heterocycles. The predicted octanol–water partition coefficient (Wildman–Crippen LogP) is 4.75. The Morgan fingerprint density at radius 2 is 1.83 bits per heavy atom. The van der Waals surface area contributed by atoms with Crippen LogP contribution in [0.15, 0.2) is 48.5 Å². The Labute approximate surface area is 144 Å². The average Bonchev–Trinajstić information content (AvgIpc) is 2.90. The second-order valence-electron chi connectivity index (χ2n) is 5.58. The molecule has 0 atom stereocenters. The number of hydrogen-bond acceptors (Lipinski definition) is 3. The van der Waals surface area contributed by atoms with Crippen molar-refractivity contribution in [3.8, 4) is 11.3 Å². The summed E-state index contributed by atoms with van der Waals surface area (Å²) >= 11 is 1.49. The minimum absolute atomic E-state index is 0.170. The van der Waals surface area contributed by atoms with Gasteiger partial charge in [0, 0.05) is 10.4 Å². The van der Waals surface area contributed by atoms with Crippen LogP contribution in [0.2, 0.25) is 0 Å². The Hall–Kier alpha value is -2.53. The number of amides is 1. The molecular formula is C19H17FN2OS. The zero-order valence-corrected chi connectivity index (χ0v) is 14.3. The van der Waals surface area contributed by atoms with Crippen molar-refractivity contribution >= 4 is 22.9 Å². The topological polar surface area (TPSA) is 42.0 Å². The summed E-state index contributed by atoms with van der Waals surface area (Å²) < 4.78 is 13.7. The highest BCUT2D eigenvalue weighted by Crippen LogP contribution is 2.29. The van der Waals surface area contributed by atoms with E-state index < -0.39 is 5.82 Å². The van der Waals surface area contributed by atoms with E-state index in [-0.39, 0.29) is 18.0 Å². The van der Waals surface area contributed by atoms with Gasteiger partial charge in [0.1, 0.15) is 5.82 Å². The molecule has 0 aliphatic heterocycles. The lowest BCUT2D eigenvalue weighted by Crippen LogP contribution is -2.15. The van der Waals surface area contributed by atoms with E-state index in [1.165, 1.54) is 23.0 Å². The summed E-state index contributed by atoms with van der Waals surface area (Å²) in [6, 6.07) is 14.2. The SMILES string of the molecule is Cc1ccc(-c2nc(C)sc2CC(=O)Nc2ccccc2F)cc1. The number of aryl methyl sites for hydroxylation is 2. The van der Waals surface area contributed by atoms with E-state index in [0.717, 1.165) is 21.1 Å². The van der Waals surface area contributed by atoms with Crippen molar-refractivity contribution in [1.82, 2.24) is 4.98 Å². The first-order chi connectivity index (χ1) is 11.5. The van der Waals surface area contributed by atoms with Gasteiger partial charge < -0.3 is 5.32 Å². The molecule has 0 saturated heterocycles. The Kier molecular flexibility index (Phi) is 4.71. The van der Waals surface area contributed by atoms with Crippen LogP contribution in [0.25, 0.3) is 11.3 Å². The lowest BCUT2D eigenvalue weighted by atomic mass is 10.1. The van der Waals surface area contributed by atoms with Crippen molar-refractivity contribution in [2.45, 2.75) is 20.3 Å². The maximum Gasteiger partial charge on any atom is 0.229 e. The first-order valence-corrected chi connectivity index (χ1v) is 8.42. The first kappa shape index (κ1) is 16.3. The average molecular weight is 340 g/mol. The number of carbonyl (C=O) groups excluding carboxylic acids is 1. The lowest BCUT2D eigenvalue weighted by Gasteiger charge is -2.06. The van der Waals surface area contributed by atoms with Gasteiger partial charge in [0.2, 0.25) is 5.91 Å². The van der Waals surface area contributed by atoms with Crippen LogP contribution in [-0.2, 0) is 11.2 Å². The van der Waals surface area contributed by atoms with Crippen LogP contribution < -0.4 is 5.32 Å². The second-order valence-corrected chi connectivity index (χ2v) is 6.86. The van der Waals surface area contributed by atoms with Crippen LogP contribution in [0.3, 0.4) is 0 Å². The van der Waals surface area contributed by atoms with Gasteiger partial charge in [-0.1, -0.05) is 42.0 Å². The highest BCUT2D eigenvalue weighted by molar-refractivity contribution is 7.12. The zero-order chi connectivity index (χ0) is 17.1. The molecule has 5 heteroatoms. The molecule has 1 N–H and O–H groups in total. The van der Waals surface area contributed by atoms with Gasteiger partial charge >= 0.3 is 0 Å². The van der Waals surface area contributed by atoms with Crippen LogP contribution in [0.5, 0.6) is 0 Å². The number of rotatable bonds is 4. The summed E-state index contributed by atoms with van der Waals surface area (Å²) in [5.41, 5.74) is 3.17. The molecule has 0 radical (unpaired) electrons. The molecule has 0 fully saturated rings. The van der Waals surface area contributed by atoms with Crippen LogP contribution in [0.1, 0.15) is 15.4 Å². The van der Waals surface area contributed by atoms with Crippen molar-refractivity contribution in [2.75, 3.05) is 5.32 Å². The van der Waals surface area contributed by atoms with Gasteiger partial charge in [-0.05, 0) is 26.0 Å². The first-order valence-electron chi connectivity index (χ1n) is 7.60. The van der Waals surface area contributed by atoms with Crippen molar-refractivity contribution < 1.29 is 9.18 Å². The Morgan fingerprint density at radius 3 is 2.54 bits per heavy atom. The molecule has 1 amide bonds. The number of anilines is 1. The Balaban J connectivity index is 1.81. The van der Waals surface area contributed by atoms with Crippen LogP contribution in [-0.4, -0.2) is 10.9 Å². The molecule has 3 rings (SSSR count). The van der Waals surface area contributed by atoms with Crippen molar-refractivity contribution in [3.05, 3.63) is 69.8 Å². The number of nitrogens with zero attached hydrogens (tertiary/aromatic N) is 1. The molecule has 122 valence electrons. The highest BCUT2D eigenvalue weighted by atomic mass is 32.1. The van der Waals surface area contributed by atoms with E-state index in [1.807, 2.05) is 38.1 Å². The lowest BCUT2D eigenvalue weighted by molar-refractivity contribution is -0.115. The smallest absolute Gasteiger partial charge is 0.229 e. The molecular weight excluding hydrogens is 323 g/mol. The van der Waals surface area contributed by atoms with Crippen LogP contribution >= 0.6 is 11.3 Å². The van der Waals surface area contributed by atoms with Crippen LogP contribution in [0, 0.1) is 19.7 Å². The van der Waals surface area contributed by atoms with E-state index in [4.69, 9.17) is 0 Å². The molecule has 0 aliphatic carbocycles. The number of thiazole rings is 1. The Bertz CT molecular complexity index is 871. The second kappa shape index (κ2) is 6.93. The van der Waals surface area contributed by atoms with Gasteiger partial charge in [-0.15, -0.1) is 11.3 Å². The summed E-state index contributed by atoms with van der Waals surface area (Å²) in [5.74, 6) is -0.692. The summed E-state index contributed by atoms with van der Waals surface area (Å²) in [6.45, 7) is 3.94. The van der Waals surface area contributed by atoms with E-state index in [9.17, 15) is 9.18 Å². The molecule has 0 bridgehead atoms. The number of nitrogens with one attached hydrogen (secondary N) is 1. The number of hydrogen-bond donors (Lipinski definition) is 1. The Morgan fingerprint density at radius 1 is 1.12 bits per heavy atom. The van der Waals surface area contributed by atoms with Gasteiger partial charge in [-0.25, -0.2) is 9.37 Å². The molecule has 0 aliphatic rings. The molecule has 1 heterocycles. The quantitative estimate of drug-likeness (QED) is 0.745. The normalized spacial score (nSPS) is 10.6. The fraction of sp³-hybridized carbons (Fsp3) is 0.158. The zero-order valence-electron chi connectivity index (χ0n) is 13.5. The number of aromatic nitrogens is 1.